The Hall–Kier alpha value is -0.480. The Morgan fingerprint density at radius 1 is 1.29 bits per heavy atom. The first-order chi connectivity index (χ1) is 8.36. The third-order valence-corrected chi connectivity index (χ3v) is 5.59. The molecule has 92 valence electrons. The largest absolute Gasteiger partial charge is 0.359 e. The van der Waals surface area contributed by atoms with Crippen LogP contribution in [0.25, 0.3) is 0 Å². The van der Waals surface area contributed by atoms with E-state index in [1.54, 1.807) is 11.3 Å². The fraction of sp³-hybridized carbons (Fsp3) is 0.615. The second-order valence-corrected chi connectivity index (χ2v) is 6.75. The number of nitrogens with one attached hydrogen (secondary N) is 1. The summed E-state index contributed by atoms with van der Waals surface area (Å²) < 4.78 is 0. The molecule has 1 aliphatic carbocycles. The van der Waals surface area contributed by atoms with Gasteiger partial charge in [-0.3, -0.25) is 4.99 Å². The van der Waals surface area contributed by atoms with Crippen LogP contribution < -0.4 is 5.32 Å². The van der Waals surface area contributed by atoms with Crippen LogP contribution in [-0.2, 0) is 6.54 Å². The molecule has 1 spiro atoms. The van der Waals surface area contributed by atoms with E-state index in [9.17, 15) is 0 Å². The van der Waals surface area contributed by atoms with Crippen molar-refractivity contribution >= 4 is 28.3 Å². The summed E-state index contributed by atoms with van der Waals surface area (Å²) in [4.78, 5) is 4.69. The molecule has 1 aromatic heterocycles. The molecule has 2 aliphatic rings. The zero-order valence-corrected chi connectivity index (χ0v) is 11.6. The Labute approximate surface area is 111 Å². The Kier molecular flexibility index (Phi) is 3.43. The Balaban J connectivity index is 1.61. The average Bonchev–Trinajstić information content (AvgIpc) is 2.98. The van der Waals surface area contributed by atoms with E-state index in [-0.39, 0.29) is 0 Å². The number of hydrogen-bond donors (Lipinski definition) is 1. The van der Waals surface area contributed by atoms with Gasteiger partial charge in [0.15, 0.2) is 5.17 Å². The van der Waals surface area contributed by atoms with E-state index in [4.69, 9.17) is 4.99 Å². The summed E-state index contributed by atoms with van der Waals surface area (Å²) >= 11 is 3.66. The van der Waals surface area contributed by atoms with Gasteiger partial charge in [-0.2, -0.15) is 11.3 Å². The van der Waals surface area contributed by atoms with E-state index < -0.39 is 0 Å². The molecule has 0 unspecified atom stereocenters. The monoisotopic (exact) mass is 266 g/mol. The van der Waals surface area contributed by atoms with Crippen molar-refractivity contribution in [2.45, 2.75) is 44.2 Å². The minimum atomic E-state index is 0.385. The van der Waals surface area contributed by atoms with Crippen molar-refractivity contribution in [3.8, 4) is 0 Å². The number of amidine groups is 1. The van der Waals surface area contributed by atoms with Crippen LogP contribution in [0.1, 0.15) is 37.7 Å². The number of nitrogens with zero attached hydrogens (tertiary/aromatic N) is 1. The fourth-order valence-corrected chi connectivity index (χ4v) is 4.51. The standard InChI is InChI=1S/C13H18N2S2/c1-2-5-13(6-3-1)10-17-12(15-13)14-8-11-4-7-16-9-11/h4,7,9H,1-3,5-6,8,10H2,(H,14,15). The van der Waals surface area contributed by atoms with Gasteiger partial charge in [-0.1, -0.05) is 31.0 Å². The van der Waals surface area contributed by atoms with Gasteiger partial charge in [-0.15, -0.1) is 0 Å². The SMILES string of the molecule is c1cc(CN=C2NC3(CCCCC3)CS2)cs1. The van der Waals surface area contributed by atoms with Gasteiger partial charge in [-0.05, 0) is 35.2 Å². The maximum absolute atomic E-state index is 4.69. The van der Waals surface area contributed by atoms with Crippen LogP contribution in [-0.4, -0.2) is 16.5 Å². The van der Waals surface area contributed by atoms with E-state index in [0.29, 0.717) is 5.54 Å². The molecule has 1 aliphatic heterocycles. The first-order valence-corrected chi connectivity index (χ1v) is 8.26. The first-order valence-electron chi connectivity index (χ1n) is 6.33. The van der Waals surface area contributed by atoms with Crippen LogP contribution >= 0.6 is 23.1 Å². The predicted molar refractivity (Wildman–Crippen MR) is 76.9 cm³/mol. The van der Waals surface area contributed by atoms with Crippen LogP contribution in [0.4, 0.5) is 0 Å². The summed E-state index contributed by atoms with van der Waals surface area (Å²) in [6, 6.07) is 2.16. The van der Waals surface area contributed by atoms with E-state index in [1.165, 1.54) is 43.4 Å². The molecule has 0 atom stereocenters. The van der Waals surface area contributed by atoms with Crippen molar-refractivity contribution in [3.05, 3.63) is 22.4 Å². The normalized spacial score (nSPS) is 25.3. The summed E-state index contributed by atoms with van der Waals surface area (Å²) in [6.45, 7) is 0.828. The lowest BCUT2D eigenvalue weighted by Crippen LogP contribution is -2.45. The molecular formula is C13H18N2S2. The minimum absolute atomic E-state index is 0.385. The number of aliphatic imine (C=N–C) groups is 1. The molecule has 0 amide bonds. The van der Waals surface area contributed by atoms with E-state index >= 15 is 0 Å². The molecule has 4 heteroatoms. The quantitative estimate of drug-likeness (QED) is 0.883. The number of hydrogen-bond acceptors (Lipinski definition) is 3. The third kappa shape index (κ3) is 2.68. The summed E-state index contributed by atoms with van der Waals surface area (Å²) in [7, 11) is 0. The molecule has 1 saturated heterocycles. The average molecular weight is 266 g/mol. The van der Waals surface area contributed by atoms with Crippen molar-refractivity contribution in [1.82, 2.24) is 5.32 Å². The van der Waals surface area contributed by atoms with Crippen molar-refractivity contribution in [2.75, 3.05) is 5.75 Å². The van der Waals surface area contributed by atoms with Gasteiger partial charge >= 0.3 is 0 Å². The molecule has 0 aromatic carbocycles. The number of thiophene rings is 1. The molecule has 2 nitrogen and oxygen atoms in total. The van der Waals surface area contributed by atoms with Gasteiger partial charge in [0.05, 0.1) is 6.54 Å². The lowest BCUT2D eigenvalue weighted by Gasteiger charge is -2.32. The Bertz CT molecular complexity index is 392. The molecule has 3 rings (SSSR count). The first kappa shape index (κ1) is 11.6. The lowest BCUT2D eigenvalue weighted by atomic mass is 9.83. The molecule has 1 N–H and O–H groups in total. The highest BCUT2D eigenvalue weighted by Gasteiger charge is 2.37. The Morgan fingerprint density at radius 3 is 2.94 bits per heavy atom. The van der Waals surface area contributed by atoms with Crippen molar-refractivity contribution in [1.29, 1.82) is 0 Å². The fourth-order valence-electron chi connectivity index (χ4n) is 2.63. The molecule has 0 radical (unpaired) electrons. The second-order valence-electron chi connectivity index (χ2n) is 5.01. The maximum atomic E-state index is 4.69. The zero-order chi connectivity index (χ0) is 11.6. The van der Waals surface area contributed by atoms with Crippen molar-refractivity contribution in [3.63, 3.8) is 0 Å². The van der Waals surface area contributed by atoms with Crippen molar-refractivity contribution in [2.24, 2.45) is 4.99 Å². The predicted octanol–water partition coefficient (Wildman–Crippen LogP) is 3.64. The summed E-state index contributed by atoms with van der Waals surface area (Å²) in [6.07, 6.45) is 6.83. The molecule has 17 heavy (non-hydrogen) atoms. The maximum Gasteiger partial charge on any atom is 0.157 e. The van der Waals surface area contributed by atoms with Crippen LogP contribution in [0, 0.1) is 0 Å². The summed E-state index contributed by atoms with van der Waals surface area (Å²) in [5.41, 5.74) is 1.71. The molecule has 1 aromatic rings. The van der Waals surface area contributed by atoms with Gasteiger partial charge in [-0.25, -0.2) is 0 Å². The van der Waals surface area contributed by atoms with Gasteiger partial charge in [0.1, 0.15) is 0 Å². The van der Waals surface area contributed by atoms with Gasteiger partial charge in [0, 0.05) is 11.3 Å². The van der Waals surface area contributed by atoms with Crippen LogP contribution in [0.5, 0.6) is 0 Å². The lowest BCUT2D eigenvalue weighted by molar-refractivity contribution is 0.303. The minimum Gasteiger partial charge on any atom is -0.359 e. The van der Waals surface area contributed by atoms with E-state index in [2.05, 4.69) is 22.1 Å². The number of thioether (sulfide) groups is 1. The highest BCUT2D eigenvalue weighted by atomic mass is 32.2. The summed E-state index contributed by atoms with van der Waals surface area (Å²) in [5, 5.41) is 9.15. The highest BCUT2D eigenvalue weighted by molar-refractivity contribution is 8.14. The van der Waals surface area contributed by atoms with Gasteiger partial charge < -0.3 is 5.32 Å². The highest BCUT2D eigenvalue weighted by Crippen LogP contribution is 2.36. The molecule has 2 fully saturated rings. The smallest absolute Gasteiger partial charge is 0.157 e. The van der Waals surface area contributed by atoms with Crippen LogP contribution in [0.15, 0.2) is 21.8 Å². The topological polar surface area (TPSA) is 24.4 Å². The van der Waals surface area contributed by atoms with Crippen molar-refractivity contribution < 1.29 is 0 Å². The van der Waals surface area contributed by atoms with E-state index in [1.807, 2.05) is 11.8 Å². The van der Waals surface area contributed by atoms with Gasteiger partial charge in [0.25, 0.3) is 0 Å². The van der Waals surface area contributed by atoms with Crippen LogP contribution in [0.3, 0.4) is 0 Å². The Morgan fingerprint density at radius 2 is 2.18 bits per heavy atom. The zero-order valence-electron chi connectivity index (χ0n) is 9.95. The molecule has 2 heterocycles. The van der Waals surface area contributed by atoms with E-state index in [0.717, 1.165) is 11.7 Å². The third-order valence-electron chi connectivity index (χ3n) is 3.65. The van der Waals surface area contributed by atoms with Gasteiger partial charge in [0.2, 0.25) is 0 Å². The molecule has 0 bridgehead atoms. The second kappa shape index (κ2) is 5.02. The molecular weight excluding hydrogens is 248 g/mol. The number of rotatable bonds is 2. The summed E-state index contributed by atoms with van der Waals surface area (Å²) in [5.74, 6) is 1.22. The van der Waals surface area contributed by atoms with Crippen LogP contribution in [0.2, 0.25) is 0 Å². The molecule has 1 saturated carbocycles.